The summed E-state index contributed by atoms with van der Waals surface area (Å²) in [7, 11) is 0. The molecular weight excluding hydrogens is 210 g/mol. The molecule has 0 spiro atoms. The van der Waals surface area contributed by atoms with E-state index in [1.807, 2.05) is 32.2 Å². The van der Waals surface area contributed by atoms with Crippen LogP contribution in [0.2, 0.25) is 0 Å². The summed E-state index contributed by atoms with van der Waals surface area (Å²) in [6, 6.07) is 8.17. The second-order valence-corrected chi connectivity index (χ2v) is 4.39. The van der Waals surface area contributed by atoms with Crippen LogP contribution in [0.25, 0.3) is 11.4 Å². The van der Waals surface area contributed by atoms with Gasteiger partial charge in [-0.15, -0.1) is 0 Å². The monoisotopic (exact) mass is 227 g/mol. The predicted octanol–water partition coefficient (Wildman–Crippen LogP) is 2.78. The Hall–Kier alpha value is -1.74. The molecule has 0 radical (unpaired) electrons. The fourth-order valence-corrected chi connectivity index (χ4v) is 1.77. The van der Waals surface area contributed by atoms with Gasteiger partial charge in [-0.3, -0.25) is 0 Å². The minimum Gasteiger partial charge on any atom is -0.324 e. The van der Waals surface area contributed by atoms with Crippen molar-refractivity contribution < 1.29 is 0 Å². The third-order valence-corrected chi connectivity index (χ3v) is 2.82. The third-order valence-electron chi connectivity index (χ3n) is 2.82. The topological polar surface area (TPSA) is 51.8 Å². The van der Waals surface area contributed by atoms with Crippen LogP contribution < -0.4 is 5.73 Å². The Kier molecular flexibility index (Phi) is 3.20. The van der Waals surface area contributed by atoms with Crippen molar-refractivity contribution in [3.8, 4) is 11.4 Å². The van der Waals surface area contributed by atoms with Crippen LogP contribution in [0.15, 0.2) is 30.5 Å². The van der Waals surface area contributed by atoms with Crippen molar-refractivity contribution >= 4 is 0 Å². The molecule has 0 saturated carbocycles. The molecule has 0 aliphatic heterocycles. The maximum absolute atomic E-state index is 5.84. The quantitative estimate of drug-likeness (QED) is 0.858. The van der Waals surface area contributed by atoms with Crippen LogP contribution in [0, 0.1) is 13.8 Å². The summed E-state index contributed by atoms with van der Waals surface area (Å²) >= 11 is 0. The number of rotatable bonds is 2. The molecule has 0 aliphatic rings. The molecule has 0 amide bonds. The molecule has 1 heterocycles. The van der Waals surface area contributed by atoms with E-state index in [-0.39, 0.29) is 6.04 Å². The minimum absolute atomic E-state index is 0.0259. The summed E-state index contributed by atoms with van der Waals surface area (Å²) in [5.41, 5.74) is 10.1. The lowest BCUT2D eigenvalue weighted by Crippen LogP contribution is -2.09. The van der Waals surface area contributed by atoms with E-state index in [4.69, 9.17) is 5.73 Å². The number of nitrogens with zero attached hydrogens (tertiary/aromatic N) is 2. The van der Waals surface area contributed by atoms with Gasteiger partial charge in [0.25, 0.3) is 0 Å². The number of aromatic nitrogens is 2. The third kappa shape index (κ3) is 2.50. The van der Waals surface area contributed by atoms with Crippen LogP contribution in [0.1, 0.15) is 29.8 Å². The van der Waals surface area contributed by atoms with Crippen molar-refractivity contribution in [1.82, 2.24) is 9.97 Å². The van der Waals surface area contributed by atoms with Gasteiger partial charge in [-0.05, 0) is 20.8 Å². The molecule has 0 saturated heterocycles. The highest BCUT2D eigenvalue weighted by Gasteiger charge is 2.08. The Bertz CT molecular complexity index is 515. The lowest BCUT2D eigenvalue weighted by atomic mass is 10.1. The minimum atomic E-state index is -0.0259. The summed E-state index contributed by atoms with van der Waals surface area (Å²) in [5.74, 6) is 0.756. The Morgan fingerprint density at radius 3 is 2.29 bits per heavy atom. The highest BCUT2D eigenvalue weighted by atomic mass is 14.9. The number of hydrogen-bond acceptors (Lipinski definition) is 3. The first-order chi connectivity index (χ1) is 8.08. The van der Waals surface area contributed by atoms with Crippen molar-refractivity contribution in [1.29, 1.82) is 0 Å². The molecule has 2 aromatic rings. The van der Waals surface area contributed by atoms with Crippen molar-refractivity contribution in [2.24, 2.45) is 5.73 Å². The molecule has 1 aromatic heterocycles. The van der Waals surface area contributed by atoms with Gasteiger partial charge in [0.1, 0.15) is 0 Å². The second-order valence-electron chi connectivity index (χ2n) is 4.39. The van der Waals surface area contributed by atoms with Crippen molar-refractivity contribution in [2.75, 3.05) is 0 Å². The fraction of sp³-hybridized carbons (Fsp3) is 0.286. The molecule has 0 fully saturated rings. The Morgan fingerprint density at radius 2 is 1.76 bits per heavy atom. The number of nitrogens with two attached hydrogens (primary N) is 1. The van der Waals surface area contributed by atoms with Gasteiger partial charge >= 0.3 is 0 Å². The largest absolute Gasteiger partial charge is 0.324 e. The van der Waals surface area contributed by atoms with Gasteiger partial charge in [0, 0.05) is 29.1 Å². The zero-order valence-electron chi connectivity index (χ0n) is 10.4. The van der Waals surface area contributed by atoms with Gasteiger partial charge < -0.3 is 5.73 Å². The van der Waals surface area contributed by atoms with Crippen molar-refractivity contribution in [3.63, 3.8) is 0 Å². The number of benzene rings is 1. The van der Waals surface area contributed by atoms with E-state index in [9.17, 15) is 0 Å². The van der Waals surface area contributed by atoms with E-state index >= 15 is 0 Å². The van der Waals surface area contributed by atoms with Gasteiger partial charge in [0.05, 0.1) is 0 Å². The zero-order valence-corrected chi connectivity index (χ0v) is 10.4. The molecule has 1 unspecified atom stereocenters. The fourth-order valence-electron chi connectivity index (χ4n) is 1.77. The normalized spacial score (nSPS) is 12.5. The molecule has 2 rings (SSSR count). The Morgan fingerprint density at radius 1 is 1.12 bits per heavy atom. The van der Waals surface area contributed by atoms with E-state index in [1.54, 1.807) is 0 Å². The zero-order chi connectivity index (χ0) is 12.4. The molecule has 0 aliphatic carbocycles. The first-order valence-corrected chi connectivity index (χ1v) is 5.74. The maximum atomic E-state index is 5.84. The standard InChI is InChI=1S/C14H17N3/c1-9-4-6-12(7-5-9)14-16-8-13(10(2)15)11(3)17-14/h4-8,10H,15H2,1-3H3. The van der Waals surface area contributed by atoms with Gasteiger partial charge in [-0.2, -0.15) is 0 Å². The van der Waals surface area contributed by atoms with Crippen LogP contribution in [0.4, 0.5) is 0 Å². The average Bonchev–Trinajstić information content (AvgIpc) is 2.29. The molecule has 0 bridgehead atoms. The maximum Gasteiger partial charge on any atom is 0.159 e. The molecule has 2 N–H and O–H groups in total. The van der Waals surface area contributed by atoms with E-state index in [0.717, 1.165) is 22.6 Å². The van der Waals surface area contributed by atoms with Gasteiger partial charge in [0.15, 0.2) is 5.82 Å². The molecule has 17 heavy (non-hydrogen) atoms. The summed E-state index contributed by atoms with van der Waals surface area (Å²) < 4.78 is 0. The van der Waals surface area contributed by atoms with E-state index in [1.165, 1.54) is 5.56 Å². The van der Waals surface area contributed by atoms with Crippen LogP contribution in [-0.4, -0.2) is 9.97 Å². The average molecular weight is 227 g/mol. The van der Waals surface area contributed by atoms with Crippen molar-refractivity contribution in [3.05, 3.63) is 47.3 Å². The summed E-state index contributed by atoms with van der Waals surface area (Å²) in [6.45, 7) is 5.98. The summed E-state index contributed by atoms with van der Waals surface area (Å²) in [4.78, 5) is 8.87. The SMILES string of the molecule is Cc1ccc(-c2ncc(C(C)N)c(C)n2)cc1. The molecule has 1 atom stereocenters. The molecular formula is C14H17N3. The number of hydrogen-bond donors (Lipinski definition) is 1. The predicted molar refractivity (Wildman–Crippen MR) is 69.5 cm³/mol. The van der Waals surface area contributed by atoms with Crippen molar-refractivity contribution in [2.45, 2.75) is 26.8 Å². The van der Waals surface area contributed by atoms with Crippen LogP contribution in [-0.2, 0) is 0 Å². The van der Waals surface area contributed by atoms with Crippen LogP contribution in [0.5, 0.6) is 0 Å². The summed E-state index contributed by atoms with van der Waals surface area (Å²) in [6.07, 6.45) is 1.82. The molecule has 3 nitrogen and oxygen atoms in total. The first-order valence-electron chi connectivity index (χ1n) is 5.74. The second kappa shape index (κ2) is 4.63. The molecule has 3 heteroatoms. The summed E-state index contributed by atoms with van der Waals surface area (Å²) in [5, 5.41) is 0. The van der Waals surface area contributed by atoms with Gasteiger partial charge in [-0.1, -0.05) is 29.8 Å². The van der Waals surface area contributed by atoms with E-state index in [2.05, 4.69) is 29.0 Å². The van der Waals surface area contributed by atoms with Gasteiger partial charge in [-0.25, -0.2) is 9.97 Å². The van der Waals surface area contributed by atoms with E-state index in [0.29, 0.717) is 0 Å². The smallest absolute Gasteiger partial charge is 0.159 e. The van der Waals surface area contributed by atoms with E-state index < -0.39 is 0 Å². The molecule has 88 valence electrons. The highest BCUT2D eigenvalue weighted by molar-refractivity contribution is 5.55. The van der Waals surface area contributed by atoms with Crippen LogP contribution >= 0.6 is 0 Å². The Labute approximate surface area is 102 Å². The van der Waals surface area contributed by atoms with Crippen LogP contribution in [0.3, 0.4) is 0 Å². The van der Waals surface area contributed by atoms with Gasteiger partial charge in [0.2, 0.25) is 0 Å². The lowest BCUT2D eigenvalue weighted by molar-refractivity contribution is 0.790. The lowest BCUT2D eigenvalue weighted by Gasteiger charge is -2.09. The first kappa shape index (κ1) is 11.7. The number of aryl methyl sites for hydroxylation is 2. The highest BCUT2D eigenvalue weighted by Crippen LogP contribution is 2.19. The Balaban J connectivity index is 2.41. The molecule has 1 aromatic carbocycles.